The summed E-state index contributed by atoms with van der Waals surface area (Å²) >= 11 is 0. The van der Waals surface area contributed by atoms with Crippen LogP contribution in [0.3, 0.4) is 0 Å². The zero-order valence-corrected chi connectivity index (χ0v) is 23.3. The minimum atomic E-state index is -1.24. The molecule has 6 N–H and O–H groups in total. The molecule has 0 bridgehead atoms. The summed E-state index contributed by atoms with van der Waals surface area (Å²) in [7, 11) is 0. The van der Waals surface area contributed by atoms with Crippen molar-refractivity contribution in [3.63, 3.8) is 0 Å². The van der Waals surface area contributed by atoms with Gasteiger partial charge >= 0.3 is 17.9 Å². The van der Waals surface area contributed by atoms with Gasteiger partial charge in [0.25, 0.3) is 0 Å². The molecule has 11 heteroatoms. The van der Waals surface area contributed by atoms with E-state index in [-0.39, 0.29) is 18.4 Å². The maximum absolute atomic E-state index is 13.0. The van der Waals surface area contributed by atoms with Gasteiger partial charge in [-0.1, -0.05) is 60.7 Å². The first kappa shape index (κ1) is 31.5. The number of hydrogen-bond acceptors (Lipinski definition) is 8. The molecule has 0 aliphatic carbocycles. The van der Waals surface area contributed by atoms with E-state index in [0.717, 1.165) is 5.56 Å². The Morgan fingerprint density at radius 2 is 1.21 bits per heavy atom. The highest BCUT2D eigenvalue weighted by Crippen LogP contribution is 2.10. The monoisotopic (exact) mass is 574 g/mol. The van der Waals surface area contributed by atoms with E-state index in [0.29, 0.717) is 11.3 Å². The molecule has 42 heavy (non-hydrogen) atoms. The Morgan fingerprint density at radius 1 is 0.714 bits per heavy atom. The molecule has 0 aromatic heterocycles. The quantitative estimate of drug-likeness (QED) is 0.116. The Hall–Kier alpha value is -5.03. The maximum atomic E-state index is 13.0. The fourth-order valence-electron chi connectivity index (χ4n) is 4.03. The molecule has 220 valence electrons. The van der Waals surface area contributed by atoms with E-state index in [1.807, 2.05) is 6.07 Å². The van der Waals surface area contributed by atoms with Gasteiger partial charge in [0.15, 0.2) is 0 Å². The van der Waals surface area contributed by atoms with Crippen molar-refractivity contribution in [2.75, 3.05) is 5.73 Å². The number of aliphatic carboxylic acids is 1. The first-order valence-corrected chi connectivity index (χ1v) is 13.3. The number of rotatable bonds is 13. The lowest BCUT2D eigenvalue weighted by Gasteiger charge is -2.23. The average molecular weight is 575 g/mol. The van der Waals surface area contributed by atoms with Crippen molar-refractivity contribution in [3.8, 4) is 0 Å². The summed E-state index contributed by atoms with van der Waals surface area (Å²) in [6, 6.07) is 19.3. The van der Waals surface area contributed by atoms with Crippen molar-refractivity contribution >= 4 is 35.4 Å². The third kappa shape index (κ3) is 9.56. The normalized spacial score (nSPS) is 13.6. The molecule has 0 saturated carbocycles. The number of nitrogens with two attached hydrogens (primary N) is 1. The first-order chi connectivity index (χ1) is 20.0. The van der Waals surface area contributed by atoms with E-state index in [2.05, 4.69) is 16.0 Å². The second-order valence-electron chi connectivity index (χ2n) is 9.78. The van der Waals surface area contributed by atoms with Gasteiger partial charge in [0.1, 0.15) is 18.1 Å². The molecule has 0 fully saturated rings. The number of benzene rings is 3. The van der Waals surface area contributed by atoms with E-state index >= 15 is 0 Å². The Bertz CT molecular complexity index is 1380. The predicted molar refractivity (Wildman–Crippen MR) is 155 cm³/mol. The second-order valence-corrected chi connectivity index (χ2v) is 9.78. The van der Waals surface area contributed by atoms with Gasteiger partial charge in [-0.2, -0.15) is 0 Å². The van der Waals surface area contributed by atoms with Crippen molar-refractivity contribution in [2.45, 2.75) is 50.9 Å². The zero-order valence-electron chi connectivity index (χ0n) is 23.3. The zero-order chi connectivity index (χ0) is 30.6. The van der Waals surface area contributed by atoms with Gasteiger partial charge in [-0.3, -0.25) is 19.7 Å². The molecule has 0 aliphatic rings. The lowest BCUT2D eigenvalue weighted by Crippen LogP contribution is -2.56. The average Bonchev–Trinajstić information content (AvgIpc) is 2.97. The molecular weight excluding hydrogens is 540 g/mol. The molecule has 3 aromatic rings. The Kier molecular flexibility index (Phi) is 11.3. The van der Waals surface area contributed by atoms with Gasteiger partial charge in [-0.05, 0) is 55.7 Å². The maximum Gasteiger partial charge on any atom is 0.345 e. The van der Waals surface area contributed by atoms with Crippen molar-refractivity contribution in [1.29, 1.82) is 0 Å². The molecule has 4 atom stereocenters. The van der Waals surface area contributed by atoms with Crippen LogP contribution in [0, 0.1) is 0 Å². The van der Waals surface area contributed by atoms with Crippen molar-refractivity contribution in [1.82, 2.24) is 16.0 Å². The molecule has 0 spiro atoms. The molecule has 0 aliphatic heterocycles. The summed E-state index contributed by atoms with van der Waals surface area (Å²) in [4.78, 5) is 63.1. The van der Waals surface area contributed by atoms with Crippen LogP contribution in [0.2, 0.25) is 0 Å². The van der Waals surface area contributed by atoms with Gasteiger partial charge in [0, 0.05) is 12.1 Å². The number of esters is 2. The second kappa shape index (κ2) is 15.1. The van der Waals surface area contributed by atoms with Crippen LogP contribution in [-0.4, -0.2) is 59.0 Å². The van der Waals surface area contributed by atoms with E-state index in [9.17, 15) is 29.1 Å². The Labute approximate surface area is 243 Å². The number of amides is 2. The largest absolute Gasteiger partial charge is 0.480 e. The number of nitrogen functional groups attached to an aromatic ring is 1. The van der Waals surface area contributed by atoms with Gasteiger partial charge in [-0.25, -0.2) is 9.59 Å². The Morgan fingerprint density at radius 3 is 1.74 bits per heavy atom. The molecule has 1 unspecified atom stereocenters. The standard InChI is InChI=1S/C31H34N4O7/c1-19(33-25(29(38)39)17-21-9-5-3-6-10-21)27(36)34-20(2)28(37)35-26(18-22-11-7-4-8-12-22)31(41)42-30(40)23-13-15-24(32)16-14-23/h3-16,19-20,25-26,33H,17-18,32H2,1-2H3,(H,34,36)(H,35,37)(H,38,39)/t19-,20-,25?,26-/m0/s1. The van der Waals surface area contributed by atoms with Gasteiger partial charge in [-0.15, -0.1) is 0 Å². The predicted octanol–water partition coefficient (Wildman–Crippen LogP) is 1.86. The van der Waals surface area contributed by atoms with Crippen LogP contribution in [-0.2, 0) is 36.8 Å². The third-order valence-electron chi connectivity index (χ3n) is 6.40. The summed E-state index contributed by atoms with van der Waals surface area (Å²) in [5.74, 6) is -4.32. The third-order valence-corrected chi connectivity index (χ3v) is 6.40. The van der Waals surface area contributed by atoms with Gasteiger partial charge in [0.2, 0.25) is 11.8 Å². The van der Waals surface area contributed by atoms with E-state index in [1.54, 1.807) is 54.6 Å². The van der Waals surface area contributed by atoms with Crippen LogP contribution in [0.25, 0.3) is 0 Å². The van der Waals surface area contributed by atoms with Crippen LogP contribution in [0.4, 0.5) is 5.69 Å². The van der Waals surface area contributed by atoms with Crippen molar-refractivity contribution in [3.05, 3.63) is 102 Å². The summed E-state index contributed by atoms with van der Waals surface area (Å²) in [6.07, 6.45) is 0.182. The van der Waals surface area contributed by atoms with Crippen LogP contribution >= 0.6 is 0 Å². The highest BCUT2D eigenvalue weighted by atomic mass is 16.6. The highest BCUT2D eigenvalue weighted by molar-refractivity contribution is 5.99. The van der Waals surface area contributed by atoms with Crippen molar-refractivity contribution < 1.29 is 33.8 Å². The fraction of sp³-hybridized carbons (Fsp3) is 0.258. The number of carbonyl (C=O) groups is 5. The van der Waals surface area contributed by atoms with E-state index < -0.39 is 53.9 Å². The minimum Gasteiger partial charge on any atom is -0.480 e. The first-order valence-electron chi connectivity index (χ1n) is 13.3. The molecular formula is C31H34N4O7. The molecule has 0 radical (unpaired) electrons. The van der Waals surface area contributed by atoms with E-state index in [4.69, 9.17) is 10.5 Å². The number of hydrogen-bond donors (Lipinski definition) is 5. The highest BCUT2D eigenvalue weighted by Gasteiger charge is 2.29. The Balaban J connectivity index is 1.63. The van der Waals surface area contributed by atoms with Crippen LogP contribution < -0.4 is 21.7 Å². The van der Waals surface area contributed by atoms with Crippen LogP contribution in [0.1, 0.15) is 35.3 Å². The fourth-order valence-corrected chi connectivity index (χ4v) is 4.03. The summed E-state index contributed by atoms with van der Waals surface area (Å²) in [5.41, 5.74) is 7.66. The number of ether oxygens (including phenoxy) is 1. The topological polar surface area (TPSA) is 177 Å². The summed E-state index contributed by atoms with van der Waals surface area (Å²) < 4.78 is 5.04. The minimum absolute atomic E-state index is 0.0266. The molecule has 0 saturated heterocycles. The molecule has 3 aromatic carbocycles. The summed E-state index contributed by atoms with van der Waals surface area (Å²) in [6.45, 7) is 2.91. The van der Waals surface area contributed by atoms with Crippen LogP contribution in [0.5, 0.6) is 0 Å². The van der Waals surface area contributed by atoms with E-state index in [1.165, 1.54) is 38.1 Å². The summed E-state index contributed by atoms with van der Waals surface area (Å²) in [5, 5.41) is 17.5. The number of nitrogens with one attached hydrogen (secondary N) is 3. The van der Waals surface area contributed by atoms with Crippen molar-refractivity contribution in [2.24, 2.45) is 0 Å². The van der Waals surface area contributed by atoms with Gasteiger partial charge in [0.05, 0.1) is 11.6 Å². The number of carboxylic acids is 1. The van der Waals surface area contributed by atoms with Crippen LogP contribution in [0.15, 0.2) is 84.9 Å². The molecule has 0 heterocycles. The molecule has 2 amide bonds. The number of carbonyl (C=O) groups excluding carboxylic acids is 4. The number of carboxylic acid groups (broad SMARTS) is 1. The molecule has 11 nitrogen and oxygen atoms in total. The number of anilines is 1. The van der Waals surface area contributed by atoms with Gasteiger partial charge < -0.3 is 26.2 Å². The smallest absolute Gasteiger partial charge is 0.345 e. The molecule has 3 rings (SSSR count). The SMILES string of the molecule is C[C@H](NC(=O)[C@H](C)NC(Cc1ccccc1)C(=O)O)C(=O)N[C@@H](Cc1ccccc1)C(=O)OC(=O)c1ccc(N)cc1. The lowest BCUT2D eigenvalue weighted by molar-refractivity contribution is -0.143. The lowest BCUT2D eigenvalue weighted by atomic mass is 10.0.